The van der Waals surface area contributed by atoms with Crippen molar-refractivity contribution in [2.75, 3.05) is 19.0 Å². The van der Waals surface area contributed by atoms with E-state index in [1.807, 2.05) is 14.0 Å². The van der Waals surface area contributed by atoms with Crippen molar-refractivity contribution in [1.82, 2.24) is 9.97 Å². The van der Waals surface area contributed by atoms with Crippen LogP contribution >= 0.6 is 22.6 Å². The van der Waals surface area contributed by atoms with Crippen molar-refractivity contribution in [3.8, 4) is 0 Å². The maximum Gasteiger partial charge on any atom is 0.162 e. The molecule has 0 saturated carbocycles. The lowest BCUT2D eigenvalue weighted by Gasteiger charge is -2.27. The highest BCUT2D eigenvalue weighted by atomic mass is 127. The second kappa shape index (κ2) is 7.38. The Kier molecular flexibility index (Phi) is 6.46. The van der Waals surface area contributed by atoms with Crippen molar-refractivity contribution in [2.24, 2.45) is 0 Å². The number of anilines is 1. The van der Waals surface area contributed by atoms with Crippen LogP contribution in [0.3, 0.4) is 0 Å². The van der Waals surface area contributed by atoms with Crippen molar-refractivity contribution in [3.63, 3.8) is 0 Å². The molecule has 108 valence electrons. The van der Waals surface area contributed by atoms with Gasteiger partial charge in [0.25, 0.3) is 0 Å². The highest BCUT2D eigenvalue weighted by Crippen LogP contribution is 2.29. The summed E-state index contributed by atoms with van der Waals surface area (Å²) in [5.41, 5.74) is 0.699. The molecule has 0 saturated heterocycles. The van der Waals surface area contributed by atoms with E-state index in [-0.39, 0.29) is 0 Å². The SMILES string of the molecule is CCCc1nc(C(C)(CC)OCC)nc(NC)c1I. The van der Waals surface area contributed by atoms with E-state index in [1.165, 1.54) is 0 Å². The minimum Gasteiger partial charge on any atom is -0.372 e. The lowest BCUT2D eigenvalue weighted by atomic mass is 10.0. The average Bonchev–Trinajstić information content (AvgIpc) is 2.41. The zero-order valence-electron chi connectivity index (χ0n) is 12.5. The van der Waals surface area contributed by atoms with Crippen LogP contribution in [0.25, 0.3) is 0 Å². The molecular weight excluding hydrogens is 353 g/mol. The topological polar surface area (TPSA) is 47.0 Å². The fourth-order valence-corrected chi connectivity index (χ4v) is 2.72. The Balaban J connectivity index is 3.30. The summed E-state index contributed by atoms with van der Waals surface area (Å²) in [7, 11) is 1.90. The standard InChI is InChI=1S/C14H24IN3O/c1-6-9-10-11(15)12(16-5)18-13(17-10)14(4,7-2)19-8-3/h6-9H2,1-5H3,(H,16,17,18). The Bertz CT molecular complexity index is 425. The van der Waals surface area contributed by atoms with E-state index in [1.54, 1.807) is 0 Å². The summed E-state index contributed by atoms with van der Waals surface area (Å²) >= 11 is 2.31. The number of rotatable bonds is 7. The van der Waals surface area contributed by atoms with Crippen molar-refractivity contribution in [3.05, 3.63) is 15.1 Å². The molecule has 0 radical (unpaired) electrons. The van der Waals surface area contributed by atoms with E-state index < -0.39 is 5.60 Å². The Hall–Kier alpha value is -0.430. The van der Waals surface area contributed by atoms with Gasteiger partial charge in [-0.3, -0.25) is 0 Å². The molecule has 1 N–H and O–H groups in total. The molecule has 1 aromatic rings. The van der Waals surface area contributed by atoms with Gasteiger partial charge in [0.05, 0.1) is 9.26 Å². The Morgan fingerprint density at radius 1 is 1.26 bits per heavy atom. The smallest absolute Gasteiger partial charge is 0.162 e. The first-order valence-corrected chi connectivity index (χ1v) is 7.98. The summed E-state index contributed by atoms with van der Waals surface area (Å²) in [5, 5.41) is 3.16. The van der Waals surface area contributed by atoms with E-state index in [2.05, 4.69) is 53.7 Å². The summed E-state index contributed by atoms with van der Waals surface area (Å²) < 4.78 is 6.99. The number of hydrogen-bond donors (Lipinski definition) is 1. The van der Waals surface area contributed by atoms with Crippen LogP contribution in [-0.2, 0) is 16.8 Å². The van der Waals surface area contributed by atoms with Crippen molar-refractivity contribution < 1.29 is 4.74 Å². The monoisotopic (exact) mass is 377 g/mol. The zero-order chi connectivity index (χ0) is 14.5. The molecule has 1 aromatic heterocycles. The van der Waals surface area contributed by atoms with Gasteiger partial charge in [-0.05, 0) is 49.3 Å². The third kappa shape index (κ3) is 3.78. The van der Waals surface area contributed by atoms with Crippen LogP contribution in [-0.4, -0.2) is 23.6 Å². The summed E-state index contributed by atoms with van der Waals surface area (Å²) in [6.45, 7) is 9.01. The Labute approximate surface area is 129 Å². The summed E-state index contributed by atoms with van der Waals surface area (Å²) in [5.74, 6) is 1.68. The van der Waals surface area contributed by atoms with E-state index in [0.717, 1.165) is 40.2 Å². The molecule has 0 spiro atoms. The summed E-state index contributed by atoms with van der Waals surface area (Å²) in [6.07, 6.45) is 2.90. The molecule has 19 heavy (non-hydrogen) atoms. The molecule has 1 rings (SSSR count). The molecule has 0 aliphatic carbocycles. The summed E-state index contributed by atoms with van der Waals surface area (Å²) in [6, 6.07) is 0. The fourth-order valence-electron chi connectivity index (χ4n) is 1.94. The predicted octanol–water partition coefficient (Wildman–Crippen LogP) is 3.74. The number of halogens is 1. The van der Waals surface area contributed by atoms with Gasteiger partial charge in [0.1, 0.15) is 11.4 Å². The van der Waals surface area contributed by atoms with Crippen LogP contribution in [0.15, 0.2) is 0 Å². The van der Waals surface area contributed by atoms with Crippen molar-refractivity contribution >= 4 is 28.4 Å². The van der Waals surface area contributed by atoms with Crippen LogP contribution in [0.4, 0.5) is 5.82 Å². The largest absolute Gasteiger partial charge is 0.372 e. The molecule has 4 nitrogen and oxygen atoms in total. The first-order chi connectivity index (χ1) is 9.02. The number of aromatic nitrogens is 2. The summed E-state index contributed by atoms with van der Waals surface area (Å²) in [4.78, 5) is 9.39. The number of hydrogen-bond acceptors (Lipinski definition) is 4. The quantitative estimate of drug-likeness (QED) is 0.736. The lowest BCUT2D eigenvalue weighted by Crippen LogP contribution is -2.29. The molecule has 0 fully saturated rings. The van der Waals surface area contributed by atoms with Crippen molar-refractivity contribution in [2.45, 2.75) is 52.6 Å². The second-order valence-electron chi connectivity index (χ2n) is 4.67. The minimum atomic E-state index is -0.410. The van der Waals surface area contributed by atoms with Crippen LogP contribution in [0, 0.1) is 3.57 Å². The third-order valence-electron chi connectivity index (χ3n) is 3.25. The number of aryl methyl sites for hydroxylation is 1. The molecule has 1 heterocycles. The first kappa shape index (κ1) is 16.6. The van der Waals surface area contributed by atoms with E-state index in [0.29, 0.717) is 6.61 Å². The van der Waals surface area contributed by atoms with Gasteiger partial charge >= 0.3 is 0 Å². The average molecular weight is 377 g/mol. The molecule has 5 heteroatoms. The number of nitrogens with zero attached hydrogens (tertiary/aromatic N) is 2. The Morgan fingerprint density at radius 3 is 2.42 bits per heavy atom. The minimum absolute atomic E-state index is 0.410. The molecule has 0 aliphatic heterocycles. The molecule has 1 unspecified atom stereocenters. The van der Waals surface area contributed by atoms with Gasteiger partial charge in [0.15, 0.2) is 5.82 Å². The highest BCUT2D eigenvalue weighted by Gasteiger charge is 2.30. The second-order valence-corrected chi connectivity index (χ2v) is 5.75. The molecule has 0 aliphatic rings. The highest BCUT2D eigenvalue weighted by molar-refractivity contribution is 14.1. The first-order valence-electron chi connectivity index (χ1n) is 6.90. The van der Waals surface area contributed by atoms with Gasteiger partial charge in [-0.25, -0.2) is 9.97 Å². The van der Waals surface area contributed by atoms with Crippen LogP contribution in [0.1, 0.15) is 52.1 Å². The Morgan fingerprint density at radius 2 is 1.95 bits per heavy atom. The van der Waals surface area contributed by atoms with Gasteiger partial charge in [0, 0.05) is 13.7 Å². The number of nitrogens with one attached hydrogen (secondary N) is 1. The van der Waals surface area contributed by atoms with Gasteiger partial charge in [-0.1, -0.05) is 20.3 Å². The van der Waals surface area contributed by atoms with Crippen LogP contribution < -0.4 is 5.32 Å². The fraction of sp³-hybridized carbons (Fsp3) is 0.714. The molecule has 1 atom stereocenters. The normalized spacial score (nSPS) is 14.2. The van der Waals surface area contributed by atoms with E-state index >= 15 is 0 Å². The van der Waals surface area contributed by atoms with Crippen LogP contribution in [0.5, 0.6) is 0 Å². The van der Waals surface area contributed by atoms with Gasteiger partial charge in [-0.15, -0.1) is 0 Å². The van der Waals surface area contributed by atoms with Gasteiger partial charge in [0.2, 0.25) is 0 Å². The number of ether oxygens (including phenoxy) is 1. The maximum absolute atomic E-state index is 5.88. The maximum atomic E-state index is 5.88. The molecular formula is C14H24IN3O. The lowest BCUT2D eigenvalue weighted by molar-refractivity contribution is -0.0391. The molecule has 0 amide bonds. The third-order valence-corrected chi connectivity index (χ3v) is 4.39. The van der Waals surface area contributed by atoms with Gasteiger partial charge in [-0.2, -0.15) is 0 Å². The predicted molar refractivity (Wildman–Crippen MR) is 87.6 cm³/mol. The van der Waals surface area contributed by atoms with Gasteiger partial charge < -0.3 is 10.1 Å². The zero-order valence-corrected chi connectivity index (χ0v) is 14.7. The van der Waals surface area contributed by atoms with E-state index in [4.69, 9.17) is 9.72 Å². The van der Waals surface area contributed by atoms with E-state index in [9.17, 15) is 0 Å². The van der Waals surface area contributed by atoms with Crippen molar-refractivity contribution in [1.29, 1.82) is 0 Å². The molecule has 0 bridgehead atoms. The molecule has 0 aromatic carbocycles. The van der Waals surface area contributed by atoms with Crippen LogP contribution in [0.2, 0.25) is 0 Å².